The van der Waals surface area contributed by atoms with Gasteiger partial charge in [0.15, 0.2) is 6.79 Å². The summed E-state index contributed by atoms with van der Waals surface area (Å²) in [6.07, 6.45) is 0. The number of hydrogen-bond donors (Lipinski definition) is 1. The molecule has 2 rings (SSSR count). The molecule has 0 bridgehead atoms. The molecular formula is C8H8N4O2. The van der Waals surface area contributed by atoms with E-state index < -0.39 is 6.79 Å². The molecule has 72 valence electrons. The van der Waals surface area contributed by atoms with E-state index in [1.807, 2.05) is 30.3 Å². The summed E-state index contributed by atoms with van der Waals surface area (Å²) in [7, 11) is 0. The number of benzene rings is 1. The maximum absolute atomic E-state index is 8.58. The number of para-hydroxylation sites is 1. The number of rotatable bonds is 3. The second kappa shape index (κ2) is 3.84. The van der Waals surface area contributed by atoms with Crippen molar-refractivity contribution in [3.05, 3.63) is 30.3 Å². The van der Waals surface area contributed by atoms with Crippen LogP contribution in [0.15, 0.2) is 30.3 Å². The first-order chi connectivity index (χ1) is 6.92. The standard InChI is InChI=1S/C8H8N4O2/c13-6-14-8-9-10-11-12(8)7-4-2-1-3-5-7/h1-5,13H,6H2. The van der Waals surface area contributed by atoms with E-state index in [4.69, 9.17) is 9.84 Å². The molecule has 1 N–H and O–H groups in total. The lowest BCUT2D eigenvalue weighted by Gasteiger charge is -2.02. The van der Waals surface area contributed by atoms with Crippen LogP contribution in [0.5, 0.6) is 6.01 Å². The molecule has 6 heteroatoms. The first-order valence-corrected chi connectivity index (χ1v) is 3.99. The summed E-state index contributed by atoms with van der Waals surface area (Å²) in [5.41, 5.74) is 0.779. The Bertz CT molecular complexity index is 401. The van der Waals surface area contributed by atoms with Crippen LogP contribution in [-0.2, 0) is 0 Å². The normalized spacial score (nSPS) is 10.1. The minimum Gasteiger partial charge on any atom is -0.435 e. The van der Waals surface area contributed by atoms with Gasteiger partial charge in [0.05, 0.1) is 5.69 Å². The predicted octanol–water partition coefficient (Wildman–Crippen LogP) is -0.00910. The van der Waals surface area contributed by atoms with Gasteiger partial charge in [-0.25, -0.2) is 0 Å². The van der Waals surface area contributed by atoms with Crippen molar-refractivity contribution in [2.75, 3.05) is 6.79 Å². The SMILES string of the molecule is OCOc1nnnn1-c1ccccc1. The van der Waals surface area contributed by atoms with Crippen molar-refractivity contribution in [2.24, 2.45) is 0 Å². The Morgan fingerprint density at radius 2 is 2.07 bits per heavy atom. The number of aromatic nitrogens is 4. The quantitative estimate of drug-likeness (QED) is 0.692. The molecule has 1 aromatic carbocycles. The Kier molecular flexibility index (Phi) is 2.37. The summed E-state index contributed by atoms with van der Waals surface area (Å²) >= 11 is 0. The Labute approximate surface area is 79.7 Å². The van der Waals surface area contributed by atoms with E-state index in [-0.39, 0.29) is 6.01 Å². The Balaban J connectivity index is 2.37. The maximum Gasteiger partial charge on any atom is 0.342 e. The maximum atomic E-state index is 8.58. The average molecular weight is 192 g/mol. The number of aliphatic hydroxyl groups is 1. The highest BCUT2D eigenvalue weighted by Gasteiger charge is 2.07. The van der Waals surface area contributed by atoms with Crippen LogP contribution in [-0.4, -0.2) is 32.1 Å². The van der Waals surface area contributed by atoms with Gasteiger partial charge in [-0.15, -0.1) is 0 Å². The number of aliphatic hydroxyl groups excluding tert-OH is 1. The third kappa shape index (κ3) is 1.55. The van der Waals surface area contributed by atoms with Gasteiger partial charge in [-0.2, -0.15) is 4.68 Å². The number of tetrazole rings is 1. The lowest BCUT2D eigenvalue weighted by molar-refractivity contribution is 0.0867. The van der Waals surface area contributed by atoms with E-state index in [1.165, 1.54) is 4.68 Å². The molecule has 0 radical (unpaired) electrons. The van der Waals surface area contributed by atoms with Crippen LogP contribution >= 0.6 is 0 Å². The fourth-order valence-electron chi connectivity index (χ4n) is 1.06. The van der Waals surface area contributed by atoms with Crippen LogP contribution in [0.4, 0.5) is 0 Å². The van der Waals surface area contributed by atoms with Crippen molar-refractivity contribution >= 4 is 0 Å². The molecule has 0 aliphatic carbocycles. The average Bonchev–Trinajstić information content (AvgIpc) is 2.68. The second-order valence-corrected chi connectivity index (χ2v) is 2.48. The predicted molar refractivity (Wildman–Crippen MR) is 46.9 cm³/mol. The smallest absolute Gasteiger partial charge is 0.342 e. The monoisotopic (exact) mass is 192 g/mol. The molecule has 0 amide bonds. The van der Waals surface area contributed by atoms with Gasteiger partial charge in [-0.1, -0.05) is 23.3 Å². The van der Waals surface area contributed by atoms with Gasteiger partial charge in [-0.05, 0) is 22.6 Å². The van der Waals surface area contributed by atoms with Crippen molar-refractivity contribution in [3.8, 4) is 11.7 Å². The van der Waals surface area contributed by atoms with Crippen molar-refractivity contribution in [1.29, 1.82) is 0 Å². The topological polar surface area (TPSA) is 73.1 Å². The molecule has 14 heavy (non-hydrogen) atoms. The lowest BCUT2D eigenvalue weighted by atomic mass is 10.3. The van der Waals surface area contributed by atoms with Gasteiger partial charge in [-0.3, -0.25) is 0 Å². The van der Waals surface area contributed by atoms with E-state index in [9.17, 15) is 0 Å². The Hall–Kier alpha value is -1.95. The molecule has 0 aliphatic heterocycles. The van der Waals surface area contributed by atoms with E-state index in [0.29, 0.717) is 0 Å². The fraction of sp³-hybridized carbons (Fsp3) is 0.125. The molecule has 0 saturated carbocycles. The highest BCUT2D eigenvalue weighted by atomic mass is 16.6. The van der Waals surface area contributed by atoms with Gasteiger partial charge in [0, 0.05) is 0 Å². The molecule has 0 saturated heterocycles. The first kappa shape index (κ1) is 8.64. The van der Waals surface area contributed by atoms with Gasteiger partial charge in [0.25, 0.3) is 0 Å². The van der Waals surface area contributed by atoms with Crippen molar-refractivity contribution in [3.63, 3.8) is 0 Å². The molecule has 1 aromatic heterocycles. The van der Waals surface area contributed by atoms with Crippen LogP contribution in [0.25, 0.3) is 5.69 Å². The molecular weight excluding hydrogens is 184 g/mol. The molecule has 0 atom stereocenters. The number of hydrogen-bond acceptors (Lipinski definition) is 5. The Morgan fingerprint density at radius 1 is 1.29 bits per heavy atom. The molecule has 0 fully saturated rings. The van der Waals surface area contributed by atoms with E-state index >= 15 is 0 Å². The molecule has 0 unspecified atom stereocenters. The number of nitrogens with zero attached hydrogens (tertiary/aromatic N) is 4. The van der Waals surface area contributed by atoms with E-state index in [1.54, 1.807) is 0 Å². The summed E-state index contributed by atoms with van der Waals surface area (Å²) in [5, 5.41) is 19.3. The van der Waals surface area contributed by atoms with E-state index in [2.05, 4.69) is 15.5 Å². The first-order valence-electron chi connectivity index (χ1n) is 3.99. The fourth-order valence-corrected chi connectivity index (χ4v) is 1.06. The van der Waals surface area contributed by atoms with Gasteiger partial charge in [0.2, 0.25) is 0 Å². The van der Waals surface area contributed by atoms with Crippen molar-refractivity contribution in [1.82, 2.24) is 20.2 Å². The summed E-state index contributed by atoms with van der Waals surface area (Å²) in [5.74, 6) is 0. The minimum absolute atomic E-state index is 0.165. The zero-order chi connectivity index (χ0) is 9.80. The van der Waals surface area contributed by atoms with Crippen LogP contribution in [0.2, 0.25) is 0 Å². The van der Waals surface area contributed by atoms with Gasteiger partial charge < -0.3 is 9.84 Å². The highest BCUT2D eigenvalue weighted by Crippen LogP contribution is 2.11. The highest BCUT2D eigenvalue weighted by molar-refractivity contribution is 5.31. The lowest BCUT2D eigenvalue weighted by Crippen LogP contribution is -2.04. The largest absolute Gasteiger partial charge is 0.435 e. The van der Waals surface area contributed by atoms with Crippen molar-refractivity contribution < 1.29 is 9.84 Å². The summed E-state index contributed by atoms with van der Waals surface area (Å²) < 4.78 is 6.21. The zero-order valence-electron chi connectivity index (χ0n) is 7.24. The molecule has 6 nitrogen and oxygen atoms in total. The second-order valence-electron chi connectivity index (χ2n) is 2.48. The summed E-state index contributed by atoms with van der Waals surface area (Å²) in [4.78, 5) is 0. The van der Waals surface area contributed by atoms with Gasteiger partial charge in [0.1, 0.15) is 0 Å². The third-order valence-corrected chi connectivity index (χ3v) is 1.64. The third-order valence-electron chi connectivity index (χ3n) is 1.64. The number of ether oxygens (including phenoxy) is 1. The van der Waals surface area contributed by atoms with E-state index in [0.717, 1.165) is 5.69 Å². The molecule has 1 heterocycles. The van der Waals surface area contributed by atoms with Crippen molar-refractivity contribution in [2.45, 2.75) is 0 Å². The zero-order valence-corrected chi connectivity index (χ0v) is 7.24. The van der Waals surface area contributed by atoms with Crippen LogP contribution in [0, 0.1) is 0 Å². The summed E-state index contributed by atoms with van der Waals surface area (Å²) in [6, 6.07) is 9.44. The molecule has 0 aliphatic rings. The minimum atomic E-state index is -0.451. The molecule has 2 aromatic rings. The van der Waals surface area contributed by atoms with Crippen LogP contribution < -0.4 is 4.74 Å². The summed E-state index contributed by atoms with van der Waals surface area (Å²) in [6.45, 7) is -0.451. The molecule has 0 spiro atoms. The van der Waals surface area contributed by atoms with Crippen LogP contribution in [0.1, 0.15) is 0 Å². The Morgan fingerprint density at radius 3 is 2.79 bits per heavy atom. The van der Waals surface area contributed by atoms with Gasteiger partial charge >= 0.3 is 6.01 Å². The van der Waals surface area contributed by atoms with Crippen LogP contribution in [0.3, 0.4) is 0 Å².